The van der Waals surface area contributed by atoms with Crippen LogP contribution in [-0.2, 0) is 4.74 Å². The van der Waals surface area contributed by atoms with Crippen molar-refractivity contribution in [2.75, 3.05) is 6.61 Å². The van der Waals surface area contributed by atoms with Crippen LogP contribution in [0.3, 0.4) is 0 Å². The van der Waals surface area contributed by atoms with Crippen LogP contribution >= 0.6 is 24.0 Å². The average Bonchev–Trinajstić information content (AvgIpc) is 2.24. The third-order valence-corrected chi connectivity index (χ3v) is 4.05. The van der Waals surface area contributed by atoms with E-state index in [1.54, 1.807) is 0 Å². The van der Waals surface area contributed by atoms with Gasteiger partial charge in [-0.1, -0.05) is 13.8 Å². The maximum absolute atomic E-state index is 6.01. The minimum atomic E-state index is -0.0378. The molecule has 1 saturated heterocycles. The van der Waals surface area contributed by atoms with E-state index < -0.39 is 0 Å². The first-order valence-corrected chi connectivity index (χ1v) is 6.95. The lowest BCUT2D eigenvalue weighted by Crippen LogP contribution is -2.64. The first-order valence-electron chi connectivity index (χ1n) is 6.95. The van der Waals surface area contributed by atoms with Crippen LogP contribution in [0.25, 0.3) is 0 Å². The number of halogens is 1. The highest BCUT2D eigenvalue weighted by atomic mass is 127. The van der Waals surface area contributed by atoms with Gasteiger partial charge in [-0.05, 0) is 33.6 Å². The molecule has 3 atom stereocenters. The van der Waals surface area contributed by atoms with Gasteiger partial charge in [0.15, 0.2) is 5.96 Å². The van der Waals surface area contributed by atoms with Crippen molar-refractivity contribution in [1.29, 1.82) is 0 Å². The summed E-state index contributed by atoms with van der Waals surface area (Å²) in [4.78, 5) is 4.71. The summed E-state index contributed by atoms with van der Waals surface area (Å²) in [5.41, 5.74) is 6.08. The van der Waals surface area contributed by atoms with Crippen molar-refractivity contribution in [1.82, 2.24) is 5.32 Å². The second kappa shape index (κ2) is 5.76. The Balaban J connectivity index is 0.00000180. The van der Waals surface area contributed by atoms with Crippen molar-refractivity contribution in [2.45, 2.75) is 65.1 Å². The van der Waals surface area contributed by atoms with E-state index in [0.717, 1.165) is 13.0 Å². The van der Waals surface area contributed by atoms with Crippen LogP contribution in [0.15, 0.2) is 4.99 Å². The monoisotopic (exact) mass is 381 g/mol. The molecule has 2 rings (SSSR count). The van der Waals surface area contributed by atoms with E-state index in [2.05, 4.69) is 39.9 Å². The van der Waals surface area contributed by atoms with Gasteiger partial charge in [0, 0.05) is 23.5 Å². The van der Waals surface area contributed by atoms with Crippen molar-refractivity contribution in [3.8, 4) is 0 Å². The maximum atomic E-state index is 6.01. The lowest BCUT2D eigenvalue weighted by molar-refractivity contribution is -0.182. The molecule has 0 amide bonds. The first-order chi connectivity index (χ1) is 8.22. The molecule has 1 aliphatic carbocycles. The van der Waals surface area contributed by atoms with E-state index >= 15 is 0 Å². The maximum Gasteiger partial charge on any atom is 0.189 e. The third-order valence-electron chi connectivity index (χ3n) is 4.05. The van der Waals surface area contributed by atoms with Crippen LogP contribution in [0, 0.1) is 11.3 Å². The fourth-order valence-corrected chi connectivity index (χ4v) is 3.32. The predicted octanol–water partition coefficient (Wildman–Crippen LogP) is 2.51. The second-order valence-corrected chi connectivity index (χ2v) is 7.25. The fraction of sp³-hybridized carbons (Fsp3) is 0.929. The summed E-state index contributed by atoms with van der Waals surface area (Å²) in [6.07, 6.45) is 2.73. The molecular weight excluding hydrogens is 353 g/mol. The van der Waals surface area contributed by atoms with Crippen LogP contribution in [0.4, 0.5) is 0 Å². The van der Waals surface area contributed by atoms with E-state index in [9.17, 15) is 0 Å². The summed E-state index contributed by atoms with van der Waals surface area (Å²) in [6.45, 7) is 11.6. The Morgan fingerprint density at radius 1 is 1.37 bits per heavy atom. The van der Waals surface area contributed by atoms with Crippen LogP contribution in [0.5, 0.6) is 0 Å². The van der Waals surface area contributed by atoms with Crippen molar-refractivity contribution >= 4 is 29.9 Å². The molecule has 3 N–H and O–H groups in total. The molecule has 0 bridgehead atoms. The molecule has 3 unspecified atom stereocenters. The first kappa shape index (κ1) is 17.0. The molecule has 0 aromatic rings. The Kier molecular flexibility index (Phi) is 5.15. The van der Waals surface area contributed by atoms with Crippen molar-refractivity contribution < 1.29 is 4.74 Å². The van der Waals surface area contributed by atoms with Gasteiger partial charge in [0.25, 0.3) is 0 Å². The topological polar surface area (TPSA) is 59.6 Å². The van der Waals surface area contributed by atoms with Gasteiger partial charge in [0.05, 0.1) is 12.1 Å². The highest BCUT2D eigenvalue weighted by Gasteiger charge is 2.58. The zero-order valence-electron chi connectivity index (χ0n) is 12.7. The van der Waals surface area contributed by atoms with Gasteiger partial charge in [0.1, 0.15) is 0 Å². The third kappa shape index (κ3) is 3.54. The summed E-state index contributed by atoms with van der Waals surface area (Å²) in [6, 6.07) is 0.289. The summed E-state index contributed by atoms with van der Waals surface area (Å²) < 4.78 is 5.87. The van der Waals surface area contributed by atoms with Crippen LogP contribution in [0.1, 0.15) is 47.5 Å². The number of ether oxygens (including phenoxy) is 1. The summed E-state index contributed by atoms with van der Waals surface area (Å²) in [5.74, 6) is 1.11. The number of hydrogen-bond acceptors (Lipinski definition) is 2. The molecular formula is C14H28IN3O. The van der Waals surface area contributed by atoms with Gasteiger partial charge < -0.3 is 15.8 Å². The number of nitrogens with two attached hydrogens (primary N) is 1. The molecule has 0 aromatic heterocycles. The number of nitrogens with one attached hydrogen (secondary N) is 1. The molecule has 19 heavy (non-hydrogen) atoms. The molecule has 1 saturated carbocycles. The molecule has 0 aromatic carbocycles. The van der Waals surface area contributed by atoms with Crippen molar-refractivity contribution in [3.05, 3.63) is 0 Å². The Labute approximate surface area is 134 Å². The zero-order chi connectivity index (χ0) is 13.6. The van der Waals surface area contributed by atoms with Gasteiger partial charge in [-0.25, -0.2) is 4.99 Å². The van der Waals surface area contributed by atoms with Crippen LogP contribution in [0.2, 0.25) is 0 Å². The molecule has 4 nitrogen and oxygen atoms in total. The second-order valence-electron chi connectivity index (χ2n) is 7.25. The smallest absolute Gasteiger partial charge is 0.189 e. The normalized spacial score (nSPS) is 33.7. The molecule has 2 fully saturated rings. The number of guanidine groups is 1. The van der Waals surface area contributed by atoms with E-state index in [1.165, 1.54) is 6.42 Å². The Morgan fingerprint density at radius 3 is 2.58 bits per heavy atom. The van der Waals surface area contributed by atoms with Gasteiger partial charge in [0.2, 0.25) is 0 Å². The molecule has 1 heterocycles. The van der Waals surface area contributed by atoms with Crippen molar-refractivity contribution in [2.24, 2.45) is 22.1 Å². The van der Waals surface area contributed by atoms with Gasteiger partial charge in [-0.3, -0.25) is 0 Å². The quantitative estimate of drug-likeness (QED) is 0.417. The van der Waals surface area contributed by atoms with Crippen LogP contribution in [-0.4, -0.2) is 30.3 Å². The fourth-order valence-electron chi connectivity index (χ4n) is 3.32. The Morgan fingerprint density at radius 2 is 2.00 bits per heavy atom. The van der Waals surface area contributed by atoms with E-state index in [-0.39, 0.29) is 41.0 Å². The van der Waals surface area contributed by atoms with Crippen molar-refractivity contribution in [3.63, 3.8) is 0 Å². The SMILES string of the molecule is CC(C)(C)NC(N)=NC1C2CCCOC2C1(C)C.I. The Bertz CT molecular complexity index is 349. The average molecular weight is 381 g/mol. The van der Waals surface area contributed by atoms with Gasteiger partial charge in [-0.15, -0.1) is 24.0 Å². The van der Waals surface area contributed by atoms with Crippen LogP contribution < -0.4 is 11.1 Å². The Hall–Kier alpha value is -0.0400. The number of fused-ring (bicyclic) bond motifs is 1. The van der Waals surface area contributed by atoms with Gasteiger partial charge >= 0.3 is 0 Å². The zero-order valence-corrected chi connectivity index (χ0v) is 15.0. The molecule has 0 spiro atoms. The highest BCUT2D eigenvalue weighted by molar-refractivity contribution is 14.0. The predicted molar refractivity (Wildman–Crippen MR) is 90.0 cm³/mol. The van der Waals surface area contributed by atoms with E-state index in [4.69, 9.17) is 15.5 Å². The number of nitrogens with zero attached hydrogens (tertiary/aromatic N) is 1. The molecule has 1 aliphatic heterocycles. The van der Waals surface area contributed by atoms with Gasteiger partial charge in [-0.2, -0.15) is 0 Å². The largest absolute Gasteiger partial charge is 0.377 e. The number of rotatable bonds is 1. The lowest BCUT2D eigenvalue weighted by Gasteiger charge is -2.58. The standard InChI is InChI=1S/C14H27N3O.HI/c1-13(2,3)17-12(15)16-10-9-7-6-8-18-11(9)14(10,4)5;/h9-11H,6-8H2,1-5H3,(H3,15,16,17);1H. The molecule has 112 valence electrons. The lowest BCUT2D eigenvalue weighted by atomic mass is 9.55. The molecule has 0 radical (unpaired) electrons. The summed E-state index contributed by atoms with van der Waals surface area (Å²) in [5, 5.41) is 3.24. The molecule has 5 heteroatoms. The summed E-state index contributed by atoms with van der Waals surface area (Å²) >= 11 is 0. The highest BCUT2D eigenvalue weighted by Crippen LogP contribution is 2.52. The van der Waals surface area contributed by atoms with E-state index in [1.807, 2.05) is 0 Å². The summed E-state index contributed by atoms with van der Waals surface area (Å²) in [7, 11) is 0. The minimum Gasteiger partial charge on any atom is -0.377 e. The number of hydrogen-bond donors (Lipinski definition) is 2. The minimum absolute atomic E-state index is 0. The molecule has 2 aliphatic rings. The number of aliphatic imine (C=N–C) groups is 1. The van der Waals surface area contributed by atoms with E-state index in [0.29, 0.717) is 18.0 Å².